The van der Waals surface area contributed by atoms with E-state index in [1.165, 1.54) is 12.8 Å². The second kappa shape index (κ2) is 5.05. The first kappa shape index (κ1) is 13.4. The van der Waals surface area contributed by atoms with Crippen LogP contribution in [0.5, 0.6) is 0 Å². The molecule has 1 aliphatic heterocycles. The van der Waals surface area contributed by atoms with Crippen molar-refractivity contribution in [2.24, 2.45) is 17.6 Å². The number of aryl methyl sites for hydroxylation is 1. The van der Waals surface area contributed by atoms with Crippen LogP contribution in [-0.2, 0) is 0 Å². The van der Waals surface area contributed by atoms with Gasteiger partial charge < -0.3 is 10.6 Å². The highest BCUT2D eigenvalue weighted by atomic mass is 16.6. The number of nitro benzene ring substituents is 1. The summed E-state index contributed by atoms with van der Waals surface area (Å²) < 4.78 is 0. The third kappa shape index (κ3) is 2.38. The Bertz CT molecular complexity index is 532. The lowest BCUT2D eigenvalue weighted by Crippen LogP contribution is -2.38. The number of benzene rings is 1. The molecular formula is C15H21N3O2. The molecule has 5 nitrogen and oxygen atoms in total. The Morgan fingerprint density at radius 2 is 2.10 bits per heavy atom. The number of non-ortho nitro benzene ring substituents is 1. The summed E-state index contributed by atoms with van der Waals surface area (Å²) in [4.78, 5) is 13.0. The van der Waals surface area contributed by atoms with Crippen LogP contribution in [-0.4, -0.2) is 24.1 Å². The highest BCUT2D eigenvalue weighted by molar-refractivity contribution is 5.56. The molecule has 0 bridgehead atoms. The lowest BCUT2D eigenvalue weighted by Gasteiger charge is -2.29. The van der Waals surface area contributed by atoms with Crippen molar-refractivity contribution in [3.05, 3.63) is 33.9 Å². The van der Waals surface area contributed by atoms with E-state index in [9.17, 15) is 10.1 Å². The molecular weight excluding hydrogens is 254 g/mol. The van der Waals surface area contributed by atoms with Crippen molar-refractivity contribution in [2.45, 2.75) is 32.2 Å². The first-order chi connectivity index (χ1) is 9.54. The number of fused-ring (bicyclic) bond motifs is 1. The molecule has 2 aliphatic rings. The molecule has 1 aromatic rings. The molecule has 0 radical (unpaired) electrons. The summed E-state index contributed by atoms with van der Waals surface area (Å²) in [7, 11) is 0. The number of nitrogens with zero attached hydrogens (tertiary/aromatic N) is 2. The molecule has 0 aromatic heterocycles. The molecule has 2 N–H and O–H groups in total. The zero-order valence-electron chi connectivity index (χ0n) is 11.8. The largest absolute Gasteiger partial charge is 0.371 e. The Morgan fingerprint density at radius 1 is 1.30 bits per heavy atom. The smallest absolute Gasteiger partial charge is 0.271 e. The number of hydrogen-bond acceptors (Lipinski definition) is 4. The third-order valence-electron chi connectivity index (χ3n) is 4.78. The molecule has 20 heavy (non-hydrogen) atoms. The second-order valence-corrected chi connectivity index (χ2v) is 6.21. The highest BCUT2D eigenvalue weighted by Crippen LogP contribution is 2.38. The number of rotatable bonds is 2. The zero-order chi connectivity index (χ0) is 14.3. The number of nitro groups is 1. The Hall–Kier alpha value is -1.62. The van der Waals surface area contributed by atoms with Crippen molar-refractivity contribution in [1.82, 2.24) is 0 Å². The average molecular weight is 275 g/mol. The van der Waals surface area contributed by atoms with E-state index in [2.05, 4.69) is 4.90 Å². The Labute approximate surface area is 118 Å². The van der Waals surface area contributed by atoms with Gasteiger partial charge in [0.2, 0.25) is 0 Å². The van der Waals surface area contributed by atoms with Crippen LogP contribution in [0.25, 0.3) is 0 Å². The molecule has 0 spiro atoms. The van der Waals surface area contributed by atoms with Crippen molar-refractivity contribution in [2.75, 3.05) is 18.0 Å². The van der Waals surface area contributed by atoms with Crippen LogP contribution in [0, 0.1) is 28.9 Å². The molecule has 2 fully saturated rings. The molecule has 1 saturated heterocycles. The summed E-state index contributed by atoms with van der Waals surface area (Å²) in [6.07, 6.45) is 3.57. The molecule has 3 rings (SSSR count). The molecule has 108 valence electrons. The fourth-order valence-electron chi connectivity index (χ4n) is 3.76. The normalized spacial score (nSPS) is 29.3. The van der Waals surface area contributed by atoms with E-state index in [-0.39, 0.29) is 10.6 Å². The zero-order valence-corrected chi connectivity index (χ0v) is 11.8. The standard InChI is InChI=1S/C15H21N3O2/c1-10-5-12(7-13(6-10)18(19)20)17-8-11-3-2-4-15(16)14(11)9-17/h5-7,11,14-15H,2-4,8-9,16H2,1H3. The molecule has 1 aromatic carbocycles. The van der Waals surface area contributed by atoms with E-state index in [1.54, 1.807) is 12.1 Å². The molecule has 5 heteroatoms. The first-order valence-electron chi connectivity index (χ1n) is 7.31. The van der Waals surface area contributed by atoms with Crippen LogP contribution in [0.2, 0.25) is 0 Å². The summed E-state index contributed by atoms with van der Waals surface area (Å²) in [5.41, 5.74) is 8.32. The van der Waals surface area contributed by atoms with Gasteiger partial charge >= 0.3 is 0 Å². The van der Waals surface area contributed by atoms with Gasteiger partial charge in [-0.3, -0.25) is 10.1 Å². The fourth-order valence-corrected chi connectivity index (χ4v) is 3.76. The van der Waals surface area contributed by atoms with Gasteiger partial charge in [-0.25, -0.2) is 0 Å². The van der Waals surface area contributed by atoms with Gasteiger partial charge in [-0.1, -0.05) is 6.42 Å². The van der Waals surface area contributed by atoms with E-state index < -0.39 is 0 Å². The minimum Gasteiger partial charge on any atom is -0.371 e. The number of nitrogens with two attached hydrogens (primary N) is 1. The predicted octanol–water partition coefficient (Wildman–Crippen LogP) is 2.47. The lowest BCUT2D eigenvalue weighted by atomic mass is 9.78. The van der Waals surface area contributed by atoms with E-state index in [0.717, 1.165) is 30.8 Å². The maximum Gasteiger partial charge on any atom is 0.271 e. The summed E-state index contributed by atoms with van der Waals surface area (Å²) in [6, 6.07) is 5.64. The SMILES string of the molecule is Cc1cc(N2CC3CCCC(N)C3C2)cc([N+](=O)[O-])c1. The van der Waals surface area contributed by atoms with Crippen LogP contribution in [0.15, 0.2) is 18.2 Å². The van der Waals surface area contributed by atoms with Crippen LogP contribution >= 0.6 is 0 Å². The van der Waals surface area contributed by atoms with Gasteiger partial charge in [-0.2, -0.15) is 0 Å². The number of hydrogen-bond donors (Lipinski definition) is 1. The molecule has 0 amide bonds. The van der Waals surface area contributed by atoms with Gasteiger partial charge in [-0.15, -0.1) is 0 Å². The van der Waals surface area contributed by atoms with Gasteiger partial charge in [0.1, 0.15) is 0 Å². The minimum atomic E-state index is -0.314. The van der Waals surface area contributed by atoms with Crippen molar-refractivity contribution < 1.29 is 4.92 Å². The molecule has 3 unspecified atom stereocenters. The second-order valence-electron chi connectivity index (χ2n) is 6.21. The average Bonchev–Trinajstić information content (AvgIpc) is 2.83. The van der Waals surface area contributed by atoms with Gasteiger partial charge in [0.05, 0.1) is 4.92 Å². The quantitative estimate of drug-likeness (QED) is 0.664. The van der Waals surface area contributed by atoms with Gasteiger partial charge in [0.25, 0.3) is 5.69 Å². The van der Waals surface area contributed by atoms with Gasteiger partial charge in [-0.05, 0) is 43.2 Å². The third-order valence-corrected chi connectivity index (χ3v) is 4.78. The Morgan fingerprint density at radius 3 is 2.80 bits per heavy atom. The first-order valence-corrected chi connectivity index (χ1v) is 7.31. The Balaban J connectivity index is 1.85. The summed E-state index contributed by atoms with van der Waals surface area (Å²) in [5.74, 6) is 1.20. The summed E-state index contributed by atoms with van der Waals surface area (Å²) >= 11 is 0. The molecule has 1 aliphatic carbocycles. The molecule has 1 heterocycles. The van der Waals surface area contributed by atoms with Crippen LogP contribution in [0.1, 0.15) is 24.8 Å². The van der Waals surface area contributed by atoms with E-state index in [4.69, 9.17) is 5.73 Å². The van der Waals surface area contributed by atoms with Crippen molar-refractivity contribution >= 4 is 11.4 Å². The highest BCUT2D eigenvalue weighted by Gasteiger charge is 2.38. The lowest BCUT2D eigenvalue weighted by molar-refractivity contribution is -0.384. The van der Waals surface area contributed by atoms with Crippen LogP contribution in [0.4, 0.5) is 11.4 Å². The molecule has 1 saturated carbocycles. The van der Waals surface area contributed by atoms with Crippen molar-refractivity contribution in [3.8, 4) is 0 Å². The number of anilines is 1. The van der Waals surface area contributed by atoms with E-state index >= 15 is 0 Å². The van der Waals surface area contributed by atoms with Crippen LogP contribution < -0.4 is 10.6 Å². The maximum absolute atomic E-state index is 11.0. The van der Waals surface area contributed by atoms with E-state index in [0.29, 0.717) is 17.9 Å². The Kier molecular flexibility index (Phi) is 3.38. The minimum absolute atomic E-state index is 0.180. The van der Waals surface area contributed by atoms with Gasteiger partial charge in [0, 0.05) is 37.0 Å². The monoisotopic (exact) mass is 275 g/mol. The topological polar surface area (TPSA) is 72.4 Å². The summed E-state index contributed by atoms with van der Waals surface area (Å²) in [5, 5.41) is 11.0. The predicted molar refractivity (Wildman–Crippen MR) is 78.9 cm³/mol. The fraction of sp³-hybridized carbons (Fsp3) is 0.600. The van der Waals surface area contributed by atoms with Crippen molar-refractivity contribution in [3.63, 3.8) is 0 Å². The van der Waals surface area contributed by atoms with Crippen molar-refractivity contribution in [1.29, 1.82) is 0 Å². The maximum atomic E-state index is 11.0. The van der Waals surface area contributed by atoms with Gasteiger partial charge in [0.15, 0.2) is 0 Å². The van der Waals surface area contributed by atoms with Crippen LogP contribution in [0.3, 0.4) is 0 Å². The molecule has 3 atom stereocenters. The van der Waals surface area contributed by atoms with E-state index in [1.807, 2.05) is 13.0 Å². The summed E-state index contributed by atoms with van der Waals surface area (Å²) in [6.45, 7) is 3.83.